The Morgan fingerprint density at radius 2 is 1.62 bits per heavy atom. The van der Waals surface area contributed by atoms with Gasteiger partial charge in [-0.1, -0.05) is 71.9 Å². The molecule has 1 aliphatic rings. The van der Waals surface area contributed by atoms with Gasteiger partial charge >= 0.3 is 6.09 Å². The van der Waals surface area contributed by atoms with Gasteiger partial charge in [-0.2, -0.15) is 0 Å². The van der Waals surface area contributed by atoms with Crippen molar-refractivity contribution >= 4 is 20.0 Å². The number of benzene rings is 1. The molecule has 140 valence electrons. The molecule has 1 aliphatic heterocycles. The molecule has 26 heavy (non-hydrogen) atoms. The minimum Gasteiger partial charge on any atom is -0.446 e. The lowest BCUT2D eigenvalue weighted by Gasteiger charge is -2.38. The fourth-order valence-corrected chi connectivity index (χ4v) is 9.30. The van der Waals surface area contributed by atoms with Crippen LogP contribution in [0.15, 0.2) is 30.3 Å². The van der Waals surface area contributed by atoms with Gasteiger partial charge in [0.15, 0.2) is 5.78 Å². The van der Waals surface area contributed by atoms with E-state index in [0.717, 1.165) is 0 Å². The number of ketones is 1. The molecule has 1 fully saturated rings. The first kappa shape index (κ1) is 20.3. The first-order chi connectivity index (χ1) is 12.2. The lowest BCUT2D eigenvalue weighted by Crippen LogP contribution is -2.44. The van der Waals surface area contributed by atoms with Crippen LogP contribution in [0, 0.1) is 11.6 Å². The lowest BCUT2D eigenvalue weighted by atomic mass is 10.0. The van der Waals surface area contributed by atoms with Crippen LogP contribution in [-0.4, -0.2) is 37.5 Å². The summed E-state index contributed by atoms with van der Waals surface area (Å²) in [6, 6.07) is 11.4. The number of amides is 1. The number of hydrogen-bond donors (Lipinski definition) is 0. The van der Waals surface area contributed by atoms with Crippen LogP contribution >= 0.6 is 0 Å². The molecule has 0 unspecified atom stereocenters. The molecule has 0 spiro atoms. The molecule has 1 saturated heterocycles. The molecule has 5 heteroatoms. The molecule has 2 rings (SSSR count). The molecule has 0 aromatic heterocycles. The topological polar surface area (TPSA) is 46.6 Å². The van der Waals surface area contributed by atoms with E-state index in [-0.39, 0.29) is 12.4 Å². The van der Waals surface area contributed by atoms with E-state index in [1.54, 1.807) is 12.1 Å². The summed E-state index contributed by atoms with van der Waals surface area (Å²) >= 11 is 0. The van der Waals surface area contributed by atoms with E-state index in [4.69, 9.17) is 4.74 Å². The monoisotopic (exact) mass is 371 g/mol. The number of rotatable bonds is 5. The Balaban J connectivity index is 2.38. The summed E-state index contributed by atoms with van der Waals surface area (Å²) in [5.74, 6) is -0.128. The minimum atomic E-state index is -1.99. The molecular formula is C21H29NO3Si. The van der Waals surface area contributed by atoms with Crippen molar-refractivity contribution in [1.29, 1.82) is 0 Å². The van der Waals surface area contributed by atoms with Crippen molar-refractivity contribution in [1.82, 2.24) is 4.90 Å². The lowest BCUT2D eigenvalue weighted by molar-refractivity contribution is 0.0915. The summed E-state index contributed by atoms with van der Waals surface area (Å²) < 4.78 is 5.15. The first-order valence-corrected chi connectivity index (χ1v) is 11.5. The Kier molecular flexibility index (Phi) is 6.30. The van der Waals surface area contributed by atoms with E-state index in [1.807, 2.05) is 18.2 Å². The number of cyclic esters (lactones) is 1. The van der Waals surface area contributed by atoms with E-state index in [9.17, 15) is 9.59 Å². The normalized spacial score (nSPS) is 17.5. The molecule has 0 bridgehead atoms. The summed E-state index contributed by atoms with van der Waals surface area (Å²) in [7, 11) is -1.99. The molecule has 1 atom stereocenters. The van der Waals surface area contributed by atoms with Crippen LogP contribution in [-0.2, 0) is 4.74 Å². The molecule has 0 radical (unpaired) electrons. The predicted octanol–water partition coefficient (Wildman–Crippen LogP) is 4.87. The van der Waals surface area contributed by atoms with Gasteiger partial charge in [-0.25, -0.2) is 9.69 Å². The second kappa shape index (κ2) is 8.09. The zero-order valence-corrected chi connectivity index (χ0v) is 17.6. The van der Waals surface area contributed by atoms with Crippen molar-refractivity contribution in [2.45, 2.75) is 64.2 Å². The molecule has 1 aromatic rings. The number of carbonyl (C=O) groups is 2. The van der Waals surface area contributed by atoms with Crippen LogP contribution in [0.1, 0.15) is 51.9 Å². The van der Waals surface area contributed by atoms with Crippen molar-refractivity contribution < 1.29 is 14.3 Å². The van der Waals surface area contributed by atoms with Crippen molar-refractivity contribution in [2.24, 2.45) is 0 Å². The Morgan fingerprint density at radius 1 is 1.08 bits per heavy atom. The number of carbonyl (C=O) groups excluding carboxylic acids is 2. The van der Waals surface area contributed by atoms with Gasteiger partial charge in [0.1, 0.15) is 20.7 Å². The Morgan fingerprint density at radius 3 is 2.12 bits per heavy atom. The van der Waals surface area contributed by atoms with Crippen LogP contribution in [0.5, 0.6) is 0 Å². The molecule has 4 nitrogen and oxygen atoms in total. The van der Waals surface area contributed by atoms with Gasteiger partial charge in [-0.05, 0) is 16.6 Å². The minimum absolute atomic E-state index is 0.0564. The van der Waals surface area contributed by atoms with Crippen LogP contribution in [0.3, 0.4) is 0 Å². The molecular weight excluding hydrogens is 342 g/mol. The SMILES string of the molecule is CC(C)[Si](C#CN1C(=O)OC[C@H]1C(=O)c1ccccc1)(C(C)C)C(C)C. The van der Waals surface area contributed by atoms with Crippen molar-refractivity contribution in [2.75, 3.05) is 6.61 Å². The maximum Gasteiger partial charge on any atom is 0.422 e. The fourth-order valence-electron chi connectivity index (χ4n) is 4.12. The average molecular weight is 372 g/mol. The zero-order chi connectivity index (χ0) is 19.5. The van der Waals surface area contributed by atoms with Gasteiger partial charge in [0.2, 0.25) is 0 Å². The maximum absolute atomic E-state index is 12.8. The summed E-state index contributed by atoms with van der Waals surface area (Å²) in [6.45, 7) is 13.4. The fraction of sp³-hybridized carbons (Fsp3) is 0.524. The standard InChI is InChI=1S/C21H29NO3Si/c1-15(2)26(16(3)4,17(5)6)13-12-22-19(14-25-21(22)24)20(23)18-10-8-7-9-11-18/h7-11,15-17,19H,14H2,1-6H3/t19-/m0/s1. The Hall–Kier alpha value is -2.06. The highest BCUT2D eigenvalue weighted by Gasteiger charge is 2.43. The van der Waals surface area contributed by atoms with Crippen molar-refractivity contribution in [3.63, 3.8) is 0 Å². The van der Waals surface area contributed by atoms with E-state index in [2.05, 4.69) is 53.1 Å². The van der Waals surface area contributed by atoms with Crippen molar-refractivity contribution in [3.8, 4) is 11.6 Å². The van der Waals surface area contributed by atoms with E-state index in [1.165, 1.54) is 4.90 Å². The quantitative estimate of drug-likeness (QED) is 0.421. The maximum atomic E-state index is 12.8. The van der Waals surface area contributed by atoms with E-state index < -0.39 is 20.2 Å². The molecule has 1 aromatic carbocycles. The number of Topliss-reactive ketones (excluding diaryl/α,β-unsaturated/α-hetero) is 1. The predicted molar refractivity (Wildman–Crippen MR) is 107 cm³/mol. The van der Waals surface area contributed by atoms with E-state index >= 15 is 0 Å². The summed E-state index contributed by atoms with van der Waals surface area (Å²) in [5, 5.41) is 0. The number of ether oxygens (including phenoxy) is 1. The molecule has 0 aliphatic carbocycles. The van der Waals surface area contributed by atoms with Crippen LogP contribution in [0.25, 0.3) is 0 Å². The van der Waals surface area contributed by atoms with Gasteiger partial charge in [0, 0.05) is 11.6 Å². The van der Waals surface area contributed by atoms with Gasteiger partial charge in [0.05, 0.1) is 0 Å². The summed E-state index contributed by atoms with van der Waals surface area (Å²) in [5.41, 5.74) is 5.44. The molecule has 0 N–H and O–H groups in total. The van der Waals surface area contributed by atoms with E-state index in [0.29, 0.717) is 22.2 Å². The Labute approximate surface area is 157 Å². The van der Waals surface area contributed by atoms with Crippen LogP contribution in [0.4, 0.5) is 4.79 Å². The zero-order valence-electron chi connectivity index (χ0n) is 16.6. The smallest absolute Gasteiger partial charge is 0.422 e. The summed E-state index contributed by atoms with van der Waals surface area (Å²) in [6.07, 6.45) is -0.522. The van der Waals surface area contributed by atoms with Gasteiger partial charge in [-0.3, -0.25) is 4.79 Å². The highest BCUT2D eigenvalue weighted by atomic mass is 28.3. The molecule has 1 amide bonds. The second-order valence-corrected chi connectivity index (χ2v) is 13.4. The highest BCUT2D eigenvalue weighted by Crippen LogP contribution is 2.40. The average Bonchev–Trinajstić information content (AvgIpc) is 2.95. The van der Waals surface area contributed by atoms with Crippen LogP contribution < -0.4 is 0 Å². The largest absolute Gasteiger partial charge is 0.446 e. The van der Waals surface area contributed by atoms with Crippen molar-refractivity contribution in [3.05, 3.63) is 35.9 Å². The third-order valence-electron chi connectivity index (χ3n) is 5.49. The first-order valence-electron chi connectivity index (χ1n) is 9.29. The number of hydrogen-bond acceptors (Lipinski definition) is 3. The molecule has 1 heterocycles. The Bertz CT molecular complexity index is 694. The third kappa shape index (κ3) is 3.71. The van der Waals surface area contributed by atoms with Gasteiger partial charge in [-0.15, -0.1) is 5.54 Å². The highest BCUT2D eigenvalue weighted by molar-refractivity contribution is 6.90. The van der Waals surface area contributed by atoms with Crippen LogP contribution in [0.2, 0.25) is 16.6 Å². The van der Waals surface area contributed by atoms with Gasteiger partial charge in [0.25, 0.3) is 0 Å². The third-order valence-corrected chi connectivity index (χ3v) is 11.8. The number of nitrogens with zero attached hydrogens (tertiary/aromatic N) is 1. The second-order valence-electron chi connectivity index (χ2n) is 7.83. The summed E-state index contributed by atoms with van der Waals surface area (Å²) in [4.78, 5) is 26.3. The van der Waals surface area contributed by atoms with Gasteiger partial charge < -0.3 is 4.74 Å². The molecule has 0 saturated carbocycles.